The Morgan fingerprint density at radius 3 is 2.02 bits per heavy atom. The Morgan fingerprint density at radius 1 is 0.886 bits per heavy atom. The quantitative estimate of drug-likeness (QED) is 0.177. The highest BCUT2D eigenvalue weighted by molar-refractivity contribution is 7.84. The Labute approximate surface area is 246 Å². The van der Waals surface area contributed by atoms with Gasteiger partial charge in [0.15, 0.2) is 47.7 Å². The van der Waals surface area contributed by atoms with Crippen LogP contribution in [0.15, 0.2) is 25.3 Å². The first-order valence-corrected chi connectivity index (χ1v) is 15.8. The molecule has 4 aromatic rings. The number of nitrogen functional groups attached to an aromatic ring is 2. The predicted molar refractivity (Wildman–Crippen MR) is 143 cm³/mol. The number of nitrogens with one attached hydrogen (secondary N) is 1. The number of nitrogens with two attached hydrogens (primary N) is 2. The first-order valence-electron chi connectivity index (χ1n) is 12.8. The molecule has 7 rings (SSSR count). The van der Waals surface area contributed by atoms with E-state index in [9.17, 15) is 13.0 Å². The van der Waals surface area contributed by atoms with Crippen LogP contribution in [-0.4, -0.2) is 105 Å². The van der Waals surface area contributed by atoms with Gasteiger partial charge in [-0.2, -0.15) is 13.1 Å². The molecule has 7 heterocycles. The minimum absolute atomic E-state index is 0.0148. The summed E-state index contributed by atoms with van der Waals surface area (Å²) in [4.78, 5) is 23.8. The van der Waals surface area contributed by atoms with Gasteiger partial charge < -0.3 is 30.0 Å². The number of rotatable bonds is 2. The van der Waals surface area contributed by atoms with Crippen molar-refractivity contribution in [3.63, 3.8) is 0 Å². The summed E-state index contributed by atoms with van der Waals surface area (Å²) in [6.07, 6.45) is -9.17. The number of imidazole rings is 2. The van der Waals surface area contributed by atoms with E-state index in [1.165, 1.54) is 17.2 Å². The molecular formula is C20H21BF2N11O8PS. The standard InChI is InChI=1S/C20H21BF2N11O8PS/c21-43(35)38-2-8-14(10(23)20(40-8)34-6-31-12-16(25)27-4-29-18(12)34)42-44(36,37)32-1-7-13(41-43)9(22)19(39-7)33-5-30-11-15(24)26-3-28-17(11)33/h3-10,13-14,19-20,32H,1-2H2,(H2,24,26,28)(H2,25,27,29). The van der Waals surface area contributed by atoms with Gasteiger partial charge in [0.25, 0.3) is 7.47 Å². The van der Waals surface area contributed by atoms with Gasteiger partial charge in [0, 0.05) is 6.54 Å². The highest BCUT2D eigenvalue weighted by atomic mass is 32.2. The van der Waals surface area contributed by atoms with Crippen LogP contribution >= 0.6 is 7.47 Å². The van der Waals surface area contributed by atoms with Crippen molar-refractivity contribution in [3.8, 4) is 0 Å². The number of fused-ring (bicyclic) bond motifs is 4. The van der Waals surface area contributed by atoms with Crippen molar-refractivity contribution in [3.05, 3.63) is 25.3 Å². The first kappa shape index (κ1) is 29.3. The number of ether oxygens (including phenoxy) is 2. The summed E-state index contributed by atoms with van der Waals surface area (Å²) in [7, 11) is -3.56. The molecular weight excluding hydrogens is 634 g/mol. The minimum atomic E-state index is -4.75. The zero-order valence-corrected chi connectivity index (χ0v) is 23.7. The van der Waals surface area contributed by atoms with Crippen LogP contribution in [0.5, 0.6) is 0 Å². The summed E-state index contributed by atoms with van der Waals surface area (Å²) in [5.74, 6) is 0.0375. The maximum absolute atomic E-state index is 15.9. The fourth-order valence-corrected chi connectivity index (χ4v) is 7.20. The zero-order valence-electron chi connectivity index (χ0n) is 22.0. The maximum atomic E-state index is 15.9. The first-order chi connectivity index (χ1) is 20.9. The Balaban J connectivity index is 1.17. The van der Waals surface area contributed by atoms with Crippen LogP contribution in [0.2, 0.25) is 0 Å². The monoisotopic (exact) mass is 655 g/mol. The third-order valence-electron chi connectivity index (χ3n) is 7.24. The number of nitrogens with zero attached hydrogens (tertiary/aromatic N) is 8. The van der Waals surface area contributed by atoms with E-state index >= 15 is 8.78 Å². The molecule has 24 heteroatoms. The van der Waals surface area contributed by atoms with E-state index in [0.717, 1.165) is 17.2 Å². The van der Waals surface area contributed by atoms with E-state index in [1.54, 1.807) is 0 Å². The second-order valence-corrected chi connectivity index (χ2v) is 12.9. The SMILES string of the molecule is [B]P1(=O)OCC2OC(n3cnc4c(N)ncnc43)C(F)C2OS(=O)(=O)NCC2OC(n3cnc4c(N)ncnc43)C(F)C2O1. The average molecular weight is 655 g/mol. The number of alkyl halides is 2. The van der Waals surface area contributed by atoms with E-state index in [0.29, 0.717) is 0 Å². The normalized spacial score (nSPS) is 36.0. The molecule has 9 atom stereocenters. The smallest absolute Gasteiger partial charge is 0.336 e. The molecule has 3 aliphatic heterocycles. The van der Waals surface area contributed by atoms with Crippen molar-refractivity contribution in [2.45, 2.75) is 49.2 Å². The molecule has 5 N–H and O–H groups in total. The van der Waals surface area contributed by atoms with Crippen molar-refractivity contribution >= 4 is 59.3 Å². The molecule has 3 fully saturated rings. The Kier molecular flexibility index (Phi) is 7.04. The lowest BCUT2D eigenvalue weighted by molar-refractivity contribution is -0.0436. The van der Waals surface area contributed by atoms with E-state index in [4.69, 9.17) is 41.7 Å². The molecule has 0 bridgehead atoms. The summed E-state index contributed by atoms with van der Waals surface area (Å²) in [6.45, 7) is -1.45. The maximum Gasteiger partial charge on any atom is 0.336 e. The Bertz CT molecular complexity index is 1900. The number of halogens is 2. The summed E-state index contributed by atoms with van der Waals surface area (Å²) < 4.78 is 103. The molecule has 3 aliphatic rings. The number of hydrogen-bond donors (Lipinski definition) is 3. The van der Waals surface area contributed by atoms with Gasteiger partial charge in [-0.15, -0.1) is 0 Å². The van der Waals surface area contributed by atoms with Crippen LogP contribution in [0, 0.1) is 0 Å². The van der Waals surface area contributed by atoms with Crippen molar-refractivity contribution in [1.82, 2.24) is 43.8 Å². The van der Waals surface area contributed by atoms with Gasteiger partial charge >= 0.3 is 10.3 Å². The topological polar surface area (TPSA) is 249 Å². The van der Waals surface area contributed by atoms with Crippen molar-refractivity contribution in [2.24, 2.45) is 0 Å². The molecule has 0 saturated carbocycles. The van der Waals surface area contributed by atoms with Crippen LogP contribution in [0.1, 0.15) is 12.5 Å². The fourth-order valence-electron chi connectivity index (χ4n) is 5.23. The van der Waals surface area contributed by atoms with Gasteiger partial charge in [-0.3, -0.25) is 13.7 Å². The molecule has 0 aliphatic carbocycles. The molecule has 0 spiro atoms. The number of hydrogen-bond acceptors (Lipinski definition) is 16. The lowest BCUT2D eigenvalue weighted by atomic mass is 10.1. The van der Waals surface area contributed by atoms with Crippen molar-refractivity contribution < 1.29 is 44.5 Å². The van der Waals surface area contributed by atoms with Gasteiger partial charge in [-0.05, 0) is 0 Å². The van der Waals surface area contributed by atoms with Gasteiger partial charge in [0.1, 0.15) is 48.1 Å². The van der Waals surface area contributed by atoms with Gasteiger partial charge in [-0.25, -0.2) is 42.9 Å². The Hall–Kier alpha value is -3.44. The predicted octanol–water partition coefficient (Wildman–Crippen LogP) is -0.787. The van der Waals surface area contributed by atoms with Crippen LogP contribution in [-0.2, 0) is 37.6 Å². The highest BCUT2D eigenvalue weighted by Gasteiger charge is 2.53. The van der Waals surface area contributed by atoms with Crippen LogP contribution in [0.25, 0.3) is 22.3 Å². The minimum Gasteiger partial charge on any atom is -0.382 e. The molecule has 9 unspecified atom stereocenters. The van der Waals surface area contributed by atoms with E-state index in [-0.39, 0.29) is 34.0 Å². The molecule has 0 aromatic carbocycles. The summed E-state index contributed by atoms with van der Waals surface area (Å²) >= 11 is 0. The average Bonchev–Trinajstić information content (AvgIpc) is 3.73. The van der Waals surface area contributed by atoms with Gasteiger partial charge in [-0.1, -0.05) is 0 Å². The van der Waals surface area contributed by atoms with E-state index < -0.39 is 80.1 Å². The van der Waals surface area contributed by atoms with Crippen LogP contribution in [0.3, 0.4) is 0 Å². The van der Waals surface area contributed by atoms with Gasteiger partial charge in [0.2, 0.25) is 7.57 Å². The summed E-state index contributed by atoms with van der Waals surface area (Å²) in [5.41, 5.74) is 12.1. The molecule has 232 valence electrons. The Morgan fingerprint density at radius 2 is 1.43 bits per heavy atom. The van der Waals surface area contributed by atoms with Crippen molar-refractivity contribution in [2.75, 3.05) is 24.6 Å². The largest absolute Gasteiger partial charge is 0.382 e. The molecule has 44 heavy (non-hydrogen) atoms. The summed E-state index contributed by atoms with van der Waals surface area (Å²) in [6, 6.07) is 0. The lowest BCUT2D eigenvalue weighted by Crippen LogP contribution is -2.45. The molecule has 2 radical (unpaired) electrons. The van der Waals surface area contributed by atoms with Gasteiger partial charge in [0.05, 0.1) is 19.3 Å². The lowest BCUT2D eigenvalue weighted by Gasteiger charge is -2.27. The van der Waals surface area contributed by atoms with Crippen LogP contribution < -0.4 is 16.2 Å². The number of anilines is 2. The second kappa shape index (κ2) is 10.6. The van der Waals surface area contributed by atoms with E-state index in [1.807, 2.05) is 0 Å². The van der Waals surface area contributed by atoms with Crippen molar-refractivity contribution in [1.29, 1.82) is 0 Å². The van der Waals surface area contributed by atoms with Crippen LogP contribution in [0.4, 0.5) is 20.4 Å². The number of aromatic nitrogens is 8. The summed E-state index contributed by atoms with van der Waals surface area (Å²) in [5, 5.41) is 0. The molecule has 0 amide bonds. The third-order valence-corrected chi connectivity index (χ3v) is 9.28. The third kappa shape index (κ3) is 4.98. The fraction of sp³-hybridized carbons (Fsp3) is 0.500. The molecule has 3 saturated heterocycles. The molecule has 4 aromatic heterocycles. The highest BCUT2D eigenvalue weighted by Crippen LogP contribution is 2.50. The second-order valence-electron chi connectivity index (χ2n) is 9.95. The zero-order chi connectivity index (χ0) is 31.0. The molecule has 19 nitrogen and oxygen atoms in total. The van der Waals surface area contributed by atoms with E-state index in [2.05, 4.69) is 34.6 Å².